The Kier molecular flexibility index (Phi) is 4.93. The molecule has 0 aromatic carbocycles. The first-order valence-corrected chi connectivity index (χ1v) is 8.90. The molecule has 23 heavy (non-hydrogen) atoms. The Morgan fingerprint density at radius 3 is 2.61 bits per heavy atom. The van der Waals surface area contributed by atoms with Crippen LogP contribution in [0, 0.1) is 11.3 Å². The average molecular weight is 336 g/mol. The lowest BCUT2D eigenvalue weighted by molar-refractivity contribution is 0.0202. The molecule has 3 rings (SSSR count). The number of nitrogens with zero attached hydrogens (tertiary/aromatic N) is 3. The van der Waals surface area contributed by atoms with Crippen molar-refractivity contribution in [3.8, 4) is 0 Å². The molecular weight excluding hydrogens is 310 g/mol. The molecule has 0 amide bonds. The molecule has 0 atom stereocenters. The minimum Gasteiger partial charge on any atom is -0.357 e. The molecule has 1 spiro atoms. The highest BCUT2D eigenvalue weighted by Gasteiger charge is 2.45. The van der Waals surface area contributed by atoms with Crippen molar-refractivity contribution in [1.29, 1.82) is 0 Å². The molecule has 2 aliphatic rings. The Balaban J connectivity index is 1.51. The monoisotopic (exact) mass is 335 g/mol. The van der Waals surface area contributed by atoms with Gasteiger partial charge >= 0.3 is 0 Å². The number of carbonyl (C=O) groups excluding carboxylic acids is 1. The van der Waals surface area contributed by atoms with E-state index in [1.807, 2.05) is 6.07 Å². The van der Waals surface area contributed by atoms with E-state index in [2.05, 4.69) is 28.9 Å². The van der Waals surface area contributed by atoms with Crippen molar-refractivity contribution in [2.24, 2.45) is 11.3 Å². The van der Waals surface area contributed by atoms with E-state index in [1.54, 1.807) is 6.07 Å². The molecular formula is C18H26ClN3O. The van der Waals surface area contributed by atoms with Crippen molar-refractivity contribution in [2.45, 2.75) is 32.1 Å². The van der Waals surface area contributed by atoms with Crippen molar-refractivity contribution in [3.63, 3.8) is 0 Å². The minimum atomic E-state index is 0.310. The third kappa shape index (κ3) is 3.69. The Hall–Kier alpha value is -1.13. The van der Waals surface area contributed by atoms with Crippen LogP contribution in [0.25, 0.3) is 0 Å². The average Bonchev–Trinajstić information content (AvgIpc) is 2.51. The highest BCUT2D eigenvalue weighted by molar-refractivity contribution is 6.31. The van der Waals surface area contributed by atoms with E-state index < -0.39 is 0 Å². The molecule has 2 heterocycles. The smallest absolute Gasteiger partial charge is 0.153 e. The number of anilines is 1. The molecule has 5 heteroatoms. The molecule has 1 aliphatic heterocycles. The van der Waals surface area contributed by atoms with Gasteiger partial charge in [0.15, 0.2) is 6.29 Å². The fraction of sp³-hybridized carbons (Fsp3) is 0.667. The Bertz CT molecular complexity index is 559. The predicted octanol–water partition coefficient (Wildman–Crippen LogP) is 3.50. The highest BCUT2D eigenvalue weighted by atomic mass is 35.5. The maximum atomic E-state index is 10.8. The lowest BCUT2D eigenvalue weighted by Crippen LogP contribution is -2.47. The molecule has 126 valence electrons. The molecule has 0 unspecified atom stereocenters. The van der Waals surface area contributed by atoms with Crippen LogP contribution in [0.1, 0.15) is 42.5 Å². The summed E-state index contributed by atoms with van der Waals surface area (Å²) in [6.07, 6.45) is 7.38. The fourth-order valence-corrected chi connectivity index (χ4v) is 4.32. The van der Waals surface area contributed by atoms with E-state index in [0.29, 0.717) is 16.1 Å². The first-order chi connectivity index (χ1) is 11.0. The topological polar surface area (TPSA) is 36.4 Å². The van der Waals surface area contributed by atoms with Gasteiger partial charge in [-0.15, -0.1) is 0 Å². The van der Waals surface area contributed by atoms with Gasteiger partial charge in [0.2, 0.25) is 0 Å². The van der Waals surface area contributed by atoms with Crippen LogP contribution in [0.4, 0.5) is 5.82 Å². The van der Waals surface area contributed by atoms with Crippen LogP contribution in [-0.2, 0) is 0 Å². The van der Waals surface area contributed by atoms with E-state index in [0.717, 1.165) is 31.1 Å². The summed E-state index contributed by atoms with van der Waals surface area (Å²) in [4.78, 5) is 19.8. The summed E-state index contributed by atoms with van der Waals surface area (Å²) >= 11 is 6.05. The summed E-state index contributed by atoms with van der Waals surface area (Å²) in [5.74, 6) is 1.82. The first kappa shape index (κ1) is 16.7. The van der Waals surface area contributed by atoms with E-state index in [9.17, 15) is 4.79 Å². The Labute approximate surface area is 143 Å². The zero-order valence-electron chi connectivity index (χ0n) is 14.1. The van der Waals surface area contributed by atoms with Crippen LogP contribution < -0.4 is 4.90 Å². The van der Waals surface area contributed by atoms with E-state index in [-0.39, 0.29) is 0 Å². The van der Waals surface area contributed by atoms with Gasteiger partial charge in [-0.3, -0.25) is 4.79 Å². The summed E-state index contributed by atoms with van der Waals surface area (Å²) in [6, 6.07) is 3.68. The SMILES string of the molecule is CN(C)CCC1CC2(CCN(c3ccc(C=O)c(Cl)n3)CC2)C1. The Morgan fingerprint density at radius 2 is 2.04 bits per heavy atom. The number of rotatable bonds is 5. The lowest BCUT2D eigenvalue weighted by atomic mass is 9.57. The number of aromatic nitrogens is 1. The maximum Gasteiger partial charge on any atom is 0.153 e. The molecule has 1 aromatic rings. The van der Waals surface area contributed by atoms with Crippen LogP contribution in [0.3, 0.4) is 0 Å². The number of carbonyl (C=O) groups is 1. The molecule has 0 radical (unpaired) electrons. The normalized spacial score (nSPS) is 20.8. The summed E-state index contributed by atoms with van der Waals surface area (Å²) in [5.41, 5.74) is 1.05. The van der Waals surface area contributed by atoms with Crippen molar-refractivity contribution in [3.05, 3.63) is 22.8 Å². The van der Waals surface area contributed by atoms with Gasteiger partial charge in [-0.1, -0.05) is 11.6 Å². The van der Waals surface area contributed by atoms with Gasteiger partial charge in [0.05, 0.1) is 5.56 Å². The van der Waals surface area contributed by atoms with E-state index in [4.69, 9.17) is 11.6 Å². The number of hydrogen-bond acceptors (Lipinski definition) is 4. The van der Waals surface area contributed by atoms with Gasteiger partial charge in [0.25, 0.3) is 0 Å². The molecule has 1 aromatic heterocycles. The van der Waals surface area contributed by atoms with Crippen LogP contribution in [0.5, 0.6) is 0 Å². The van der Waals surface area contributed by atoms with Crippen molar-refractivity contribution < 1.29 is 4.79 Å². The fourth-order valence-electron chi connectivity index (χ4n) is 4.13. The van der Waals surface area contributed by atoms with E-state index in [1.165, 1.54) is 38.6 Å². The second-order valence-electron chi connectivity index (χ2n) is 7.52. The van der Waals surface area contributed by atoms with Gasteiger partial charge in [0.1, 0.15) is 11.0 Å². The van der Waals surface area contributed by atoms with Gasteiger partial charge in [-0.05, 0) is 76.2 Å². The van der Waals surface area contributed by atoms with Crippen molar-refractivity contribution >= 4 is 23.7 Å². The number of aldehydes is 1. The number of pyridine rings is 1. The molecule has 2 fully saturated rings. The van der Waals surface area contributed by atoms with Crippen molar-refractivity contribution in [2.75, 3.05) is 38.6 Å². The van der Waals surface area contributed by atoms with Gasteiger partial charge in [-0.25, -0.2) is 4.98 Å². The minimum absolute atomic E-state index is 0.310. The van der Waals surface area contributed by atoms with Crippen LogP contribution >= 0.6 is 11.6 Å². The predicted molar refractivity (Wildman–Crippen MR) is 94.4 cm³/mol. The zero-order chi connectivity index (χ0) is 16.4. The van der Waals surface area contributed by atoms with Crippen molar-refractivity contribution in [1.82, 2.24) is 9.88 Å². The number of piperidine rings is 1. The largest absolute Gasteiger partial charge is 0.357 e. The second-order valence-corrected chi connectivity index (χ2v) is 7.88. The second kappa shape index (κ2) is 6.78. The molecule has 1 saturated carbocycles. The number of halogens is 1. The summed E-state index contributed by atoms with van der Waals surface area (Å²) in [7, 11) is 4.31. The molecule has 4 nitrogen and oxygen atoms in total. The zero-order valence-corrected chi connectivity index (χ0v) is 14.9. The van der Waals surface area contributed by atoms with Crippen LogP contribution in [0.15, 0.2) is 12.1 Å². The Morgan fingerprint density at radius 1 is 1.35 bits per heavy atom. The summed E-state index contributed by atoms with van der Waals surface area (Å²) < 4.78 is 0. The number of hydrogen-bond donors (Lipinski definition) is 0. The quantitative estimate of drug-likeness (QED) is 0.609. The van der Waals surface area contributed by atoms with Gasteiger partial charge < -0.3 is 9.80 Å². The summed E-state index contributed by atoms with van der Waals surface area (Å²) in [6.45, 7) is 3.30. The summed E-state index contributed by atoms with van der Waals surface area (Å²) in [5, 5.41) is 0.310. The molecule has 0 bridgehead atoms. The van der Waals surface area contributed by atoms with Crippen LogP contribution in [-0.4, -0.2) is 49.9 Å². The highest BCUT2D eigenvalue weighted by Crippen LogP contribution is 2.53. The van der Waals surface area contributed by atoms with Gasteiger partial charge in [0, 0.05) is 13.1 Å². The third-order valence-corrected chi connectivity index (χ3v) is 5.87. The van der Waals surface area contributed by atoms with Crippen LogP contribution in [0.2, 0.25) is 5.15 Å². The molecule has 1 aliphatic carbocycles. The molecule has 0 N–H and O–H groups in total. The van der Waals surface area contributed by atoms with E-state index >= 15 is 0 Å². The third-order valence-electron chi connectivity index (χ3n) is 5.57. The first-order valence-electron chi connectivity index (χ1n) is 8.53. The lowest BCUT2D eigenvalue weighted by Gasteiger charge is -2.53. The van der Waals surface area contributed by atoms with Gasteiger partial charge in [-0.2, -0.15) is 0 Å². The maximum absolute atomic E-state index is 10.8. The molecule has 1 saturated heterocycles. The standard InChI is InChI=1S/C18H26ClN3O/c1-21(2)8-5-14-11-18(12-14)6-9-22(10-7-18)16-4-3-15(13-23)17(19)20-16/h3-4,13-14H,5-12H2,1-2H3.